The maximum Gasteiger partial charge on any atom is 0.328 e. The van der Waals surface area contributed by atoms with E-state index in [0.717, 1.165) is 31.6 Å². The van der Waals surface area contributed by atoms with Crippen LogP contribution in [0.1, 0.15) is 12.0 Å². The minimum Gasteiger partial charge on any atom is -0.354 e. The second-order valence-electron chi connectivity index (χ2n) is 6.28. The van der Waals surface area contributed by atoms with Crippen LogP contribution in [-0.4, -0.2) is 39.2 Å². The molecule has 1 aliphatic heterocycles. The lowest BCUT2D eigenvalue weighted by Gasteiger charge is -2.10. The molecule has 1 aliphatic rings. The molecule has 7 nitrogen and oxygen atoms in total. The third kappa shape index (κ3) is 3.38. The van der Waals surface area contributed by atoms with Crippen LogP contribution in [0, 0.1) is 5.92 Å². The Morgan fingerprint density at radius 2 is 2.24 bits per heavy atom. The fraction of sp³-hybridized carbons (Fsp3) is 0.353. The van der Waals surface area contributed by atoms with Crippen LogP contribution in [0.25, 0.3) is 11.2 Å². The van der Waals surface area contributed by atoms with Gasteiger partial charge in [-0.3, -0.25) is 4.57 Å². The highest BCUT2D eigenvalue weighted by molar-refractivity contribution is 6.31. The summed E-state index contributed by atoms with van der Waals surface area (Å²) in [6.07, 6.45) is 2.79. The van der Waals surface area contributed by atoms with E-state index in [1.165, 1.54) is 0 Å². The first-order chi connectivity index (χ1) is 12.2. The van der Waals surface area contributed by atoms with Gasteiger partial charge in [-0.2, -0.15) is 4.98 Å². The van der Waals surface area contributed by atoms with Crippen molar-refractivity contribution >= 4 is 28.7 Å². The quantitative estimate of drug-likeness (QED) is 0.647. The minimum atomic E-state index is -0.221. The minimum absolute atomic E-state index is 0.221. The topological polar surface area (TPSA) is 87.6 Å². The van der Waals surface area contributed by atoms with Crippen molar-refractivity contribution in [2.45, 2.75) is 13.0 Å². The number of hydrogen-bond donors (Lipinski definition) is 3. The van der Waals surface area contributed by atoms with Crippen molar-refractivity contribution in [2.24, 2.45) is 5.92 Å². The van der Waals surface area contributed by atoms with E-state index in [4.69, 9.17) is 11.6 Å². The summed E-state index contributed by atoms with van der Waals surface area (Å²) in [4.78, 5) is 23.9. The van der Waals surface area contributed by atoms with Gasteiger partial charge in [0.15, 0.2) is 5.65 Å². The molecule has 130 valence electrons. The Bertz CT molecular complexity index is 944. The van der Waals surface area contributed by atoms with Gasteiger partial charge < -0.3 is 15.6 Å². The average molecular weight is 359 g/mol. The number of fused-ring (bicyclic) bond motifs is 1. The second kappa shape index (κ2) is 6.85. The molecule has 3 aromatic rings. The number of halogens is 1. The number of aromatic nitrogens is 4. The summed E-state index contributed by atoms with van der Waals surface area (Å²) in [7, 11) is 0. The van der Waals surface area contributed by atoms with Gasteiger partial charge in [0.1, 0.15) is 5.52 Å². The average Bonchev–Trinajstić information content (AvgIpc) is 3.23. The summed E-state index contributed by atoms with van der Waals surface area (Å²) in [6, 6.07) is 7.49. The molecule has 0 aliphatic carbocycles. The number of imidazole rings is 1. The van der Waals surface area contributed by atoms with E-state index in [2.05, 4.69) is 25.6 Å². The number of aromatic amines is 1. The molecule has 0 amide bonds. The zero-order chi connectivity index (χ0) is 17.2. The monoisotopic (exact) mass is 358 g/mol. The summed E-state index contributed by atoms with van der Waals surface area (Å²) in [5, 5.41) is 7.24. The summed E-state index contributed by atoms with van der Waals surface area (Å²) < 4.78 is 1.58. The van der Waals surface area contributed by atoms with E-state index < -0.39 is 0 Å². The van der Waals surface area contributed by atoms with Crippen LogP contribution in [0.3, 0.4) is 0 Å². The molecule has 1 atom stereocenters. The summed E-state index contributed by atoms with van der Waals surface area (Å²) in [6.45, 7) is 3.25. The van der Waals surface area contributed by atoms with Gasteiger partial charge in [-0.1, -0.05) is 29.8 Å². The lowest BCUT2D eigenvalue weighted by Crippen LogP contribution is -2.19. The number of nitrogens with zero attached hydrogens (tertiary/aromatic N) is 3. The Morgan fingerprint density at radius 1 is 1.36 bits per heavy atom. The molecule has 0 bridgehead atoms. The summed E-state index contributed by atoms with van der Waals surface area (Å²) in [5.74, 6) is 1.11. The molecule has 0 spiro atoms. The van der Waals surface area contributed by atoms with Gasteiger partial charge in [0, 0.05) is 11.6 Å². The predicted octanol–water partition coefficient (Wildman–Crippen LogP) is 1.84. The van der Waals surface area contributed by atoms with E-state index in [0.29, 0.717) is 34.6 Å². The van der Waals surface area contributed by atoms with Crippen molar-refractivity contribution in [3.8, 4) is 0 Å². The van der Waals surface area contributed by atoms with Crippen molar-refractivity contribution in [3.05, 3.63) is 51.5 Å². The Balaban J connectivity index is 1.62. The lowest BCUT2D eigenvalue weighted by molar-refractivity contribution is 0.613. The highest BCUT2D eigenvalue weighted by Gasteiger charge is 2.15. The maximum atomic E-state index is 12.3. The number of anilines is 1. The van der Waals surface area contributed by atoms with Crippen LogP contribution >= 0.6 is 11.6 Å². The van der Waals surface area contributed by atoms with Gasteiger partial charge in [-0.25, -0.2) is 9.78 Å². The first kappa shape index (κ1) is 16.1. The van der Waals surface area contributed by atoms with Gasteiger partial charge in [-0.05, 0) is 37.1 Å². The molecule has 1 fully saturated rings. The van der Waals surface area contributed by atoms with E-state index in [1.54, 1.807) is 10.8 Å². The second-order valence-corrected chi connectivity index (χ2v) is 6.69. The smallest absolute Gasteiger partial charge is 0.328 e. The van der Waals surface area contributed by atoms with Crippen LogP contribution in [0.15, 0.2) is 35.3 Å². The summed E-state index contributed by atoms with van der Waals surface area (Å²) in [5.41, 5.74) is 1.84. The normalized spacial score (nSPS) is 17.2. The fourth-order valence-electron chi connectivity index (χ4n) is 3.10. The highest BCUT2D eigenvalue weighted by atomic mass is 35.5. The molecule has 0 radical (unpaired) electrons. The molecule has 3 N–H and O–H groups in total. The zero-order valence-electron chi connectivity index (χ0n) is 13.6. The molecule has 8 heteroatoms. The largest absolute Gasteiger partial charge is 0.354 e. The Kier molecular flexibility index (Phi) is 4.42. The standard InChI is InChI=1S/C17H19ClN6O/c18-13-4-2-1-3-12(13)10-24-15-14(22-17(24)25)9-21-16(23-15)20-8-11-5-6-19-7-11/h1-4,9,11,19H,5-8,10H2,(H,22,25)(H,20,21,23)/t11-/m0/s1. The molecule has 1 saturated heterocycles. The first-order valence-corrected chi connectivity index (χ1v) is 8.72. The Hall–Kier alpha value is -2.38. The number of nitrogens with one attached hydrogen (secondary N) is 3. The number of benzene rings is 1. The number of hydrogen-bond acceptors (Lipinski definition) is 5. The third-order valence-electron chi connectivity index (χ3n) is 4.51. The van der Waals surface area contributed by atoms with Crippen LogP contribution < -0.4 is 16.3 Å². The van der Waals surface area contributed by atoms with Gasteiger partial charge >= 0.3 is 5.69 Å². The molecule has 1 aromatic carbocycles. The molecule has 4 rings (SSSR count). The van der Waals surface area contributed by atoms with E-state index in [-0.39, 0.29) is 5.69 Å². The van der Waals surface area contributed by atoms with Crippen molar-refractivity contribution in [2.75, 3.05) is 25.0 Å². The SMILES string of the molecule is O=c1[nH]c2cnc(NC[C@H]3CCNC3)nc2n1Cc1ccccc1Cl. The van der Waals surface area contributed by atoms with E-state index in [1.807, 2.05) is 24.3 Å². The van der Waals surface area contributed by atoms with Gasteiger partial charge in [-0.15, -0.1) is 0 Å². The first-order valence-electron chi connectivity index (χ1n) is 8.34. The molecule has 25 heavy (non-hydrogen) atoms. The highest BCUT2D eigenvalue weighted by Crippen LogP contribution is 2.18. The molecule has 2 aromatic heterocycles. The maximum absolute atomic E-state index is 12.3. The van der Waals surface area contributed by atoms with Crippen LogP contribution in [0.4, 0.5) is 5.95 Å². The lowest BCUT2D eigenvalue weighted by atomic mass is 10.1. The van der Waals surface area contributed by atoms with E-state index in [9.17, 15) is 4.79 Å². The van der Waals surface area contributed by atoms with Crippen LogP contribution in [0.5, 0.6) is 0 Å². The van der Waals surface area contributed by atoms with Gasteiger partial charge in [0.25, 0.3) is 0 Å². The zero-order valence-corrected chi connectivity index (χ0v) is 14.4. The molecule has 0 unspecified atom stereocenters. The van der Waals surface area contributed by atoms with Crippen molar-refractivity contribution < 1.29 is 0 Å². The fourth-order valence-corrected chi connectivity index (χ4v) is 3.29. The number of rotatable bonds is 5. The van der Waals surface area contributed by atoms with Crippen molar-refractivity contribution in [3.63, 3.8) is 0 Å². The Morgan fingerprint density at radius 3 is 3.04 bits per heavy atom. The van der Waals surface area contributed by atoms with Crippen LogP contribution in [-0.2, 0) is 6.54 Å². The molecule has 0 saturated carbocycles. The van der Waals surface area contributed by atoms with Crippen molar-refractivity contribution in [1.29, 1.82) is 0 Å². The third-order valence-corrected chi connectivity index (χ3v) is 4.88. The number of H-pyrrole nitrogens is 1. The molecule has 3 heterocycles. The molecular formula is C17H19ClN6O. The van der Waals surface area contributed by atoms with Crippen molar-refractivity contribution in [1.82, 2.24) is 24.8 Å². The van der Waals surface area contributed by atoms with Crippen LogP contribution in [0.2, 0.25) is 5.02 Å². The predicted molar refractivity (Wildman–Crippen MR) is 98.2 cm³/mol. The van der Waals surface area contributed by atoms with Gasteiger partial charge in [0.05, 0.1) is 12.7 Å². The summed E-state index contributed by atoms with van der Waals surface area (Å²) >= 11 is 6.22. The van der Waals surface area contributed by atoms with Gasteiger partial charge in [0.2, 0.25) is 5.95 Å². The van der Waals surface area contributed by atoms with E-state index >= 15 is 0 Å². The Labute approximate surface area is 149 Å². The molecular weight excluding hydrogens is 340 g/mol.